The van der Waals surface area contributed by atoms with Crippen molar-refractivity contribution < 1.29 is 14.3 Å². The zero-order chi connectivity index (χ0) is 23.4. The highest BCUT2D eigenvalue weighted by atomic mass is 79.9. The lowest BCUT2D eigenvalue weighted by Crippen LogP contribution is -2.66. The summed E-state index contributed by atoms with van der Waals surface area (Å²) in [5.74, 6) is 1.48. The number of methoxy groups -OCH3 is 1. The van der Waals surface area contributed by atoms with E-state index in [-0.39, 0.29) is 23.3 Å². The zero-order valence-electron chi connectivity index (χ0n) is 20.0. The van der Waals surface area contributed by atoms with Crippen LogP contribution < -0.4 is 10.2 Å². The van der Waals surface area contributed by atoms with E-state index in [0.29, 0.717) is 17.8 Å². The van der Waals surface area contributed by atoms with Gasteiger partial charge in [0.2, 0.25) is 5.91 Å². The van der Waals surface area contributed by atoms with Gasteiger partial charge in [-0.2, -0.15) is 0 Å². The fourth-order valence-electron chi connectivity index (χ4n) is 7.41. The Bertz CT molecular complexity index is 911. The van der Waals surface area contributed by atoms with Crippen LogP contribution >= 0.6 is 15.9 Å². The van der Waals surface area contributed by atoms with Gasteiger partial charge in [0, 0.05) is 36.7 Å². The first-order valence-electron chi connectivity index (χ1n) is 12.4. The number of carbonyl (C=O) groups excluding carboxylic acids is 2. The Morgan fingerprint density at radius 2 is 1.70 bits per heavy atom. The van der Waals surface area contributed by atoms with Gasteiger partial charge in [-0.05, 0) is 91.8 Å². The van der Waals surface area contributed by atoms with Crippen molar-refractivity contribution in [2.75, 3.05) is 38.2 Å². The number of amides is 1. The highest BCUT2D eigenvalue weighted by molar-refractivity contribution is 9.10. The van der Waals surface area contributed by atoms with Crippen LogP contribution in [0, 0.1) is 23.2 Å². The molecule has 1 aliphatic heterocycles. The van der Waals surface area contributed by atoms with Gasteiger partial charge >= 0.3 is 5.97 Å². The van der Waals surface area contributed by atoms with E-state index < -0.39 is 5.54 Å². The Morgan fingerprint density at radius 1 is 1.06 bits per heavy atom. The van der Waals surface area contributed by atoms with Crippen molar-refractivity contribution in [3.63, 3.8) is 0 Å². The minimum Gasteiger partial charge on any atom is -0.469 e. The van der Waals surface area contributed by atoms with Crippen molar-refractivity contribution in [3.8, 4) is 0 Å². The van der Waals surface area contributed by atoms with Crippen molar-refractivity contribution >= 4 is 33.5 Å². The van der Waals surface area contributed by atoms with Crippen LogP contribution in [-0.4, -0.2) is 61.6 Å². The van der Waals surface area contributed by atoms with Crippen LogP contribution in [0.1, 0.15) is 46.0 Å². The molecule has 6 nitrogen and oxygen atoms in total. The van der Waals surface area contributed by atoms with E-state index in [9.17, 15) is 9.59 Å². The molecule has 1 heterocycles. The predicted molar refractivity (Wildman–Crippen MR) is 132 cm³/mol. The highest BCUT2D eigenvalue weighted by Gasteiger charge is 2.59. The maximum Gasteiger partial charge on any atom is 0.311 e. The smallest absolute Gasteiger partial charge is 0.311 e. The number of hydrogen-bond donors (Lipinski definition) is 1. The Morgan fingerprint density at radius 3 is 2.30 bits per heavy atom. The summed E-state index contributed by atoms with van der Waals surface area (Å²) in [6, 6.07) is 8.51. The molecule has 0 aromatic heterocycles. The number of hydrogen-bond acceptors (Lipinski definition) is 5. The molecule has 7 heteroatoms. The van der Waals surface area contributed by atoms with Gasteiger partial charge in [0.25, 0.3) is 0 Å². The van der Waals surface area contributed by atoms with Crippen LogP contribution in [0.5, 0.6) is 0 Å². The molecule has 2 unspecified atom stereocenters. The van der Waals surface area contributed by atoms with Crippen molar-refractivity contribution in [2.45, 2.75) is 57.5 Å². The predicted octanol–water partition coefficient (Wildman–Crippen LogP) is 3.83. The SMILES string of the molecule is COC(=O)C12CC3CC(C1)C(NC(=O)C(C)(C)N1CCN(c4ccccc4Br)CC1)C(C3)C2. The molecule has 4 saturated carbocycles. The standard InChI is InChI=1S/C26H36BrN3O3/c1-25(2,30-10-8-29(9-11-30)21-7-5-4-6-20(21)27)23(31)28-22-18-12-17-13-19(22)16-26(14-17,15-18)24(32)33-3/h4-7,17-19,22H,8-16H2,1-3H3,(H,28,31). The highest BCUT2D eigenvalue weighted by Crippen LogP contribution is 2.60. The van der Waals surface area contributed by atoms with E-state index in [4.69, 9.17) is 4.74 Å². The molecule has 4 bridgehead atoms. The summed E-state index contributed by atoms with van der Waals surface area (Å²) in [6.07, 6.45) is 4.96. The molecule has 5 fully saturated rings. The number of anilines is 1. The number of nitrogens with zero attached hydrogens (tertiary/aromatic N) is 2. The third kappa shape index (κ3) is 3.99. The van der Waals surface area contributed by atoms with E-state index in [0.717, 1.165) is 62.8 Å². The van der Waals surface area contributed by atoms with E-state index in [1.807, 2.05) is 6.07 Å². The normalized spacial score (nSPS) is 33.8. The molecule has 33 heavy (non-hydrogen) atoms. The lowest BCUT2D eigenvalue weighted by Gasteiger charge is -2.59. The summed E-state index contributed by atoms with van der Waals surface area (Å²) < 4.78 is 6.31. The van der Waals surface area contributed by atoms with E-state index in [1.54, 1.807) is 0 Å². The number of nitrogens with one attached hydrogen (secondary N) is 1. The van der Waals surface area contributed by atoms with Gasteiger partial charge in [0.1, 0.15) is 0 Å². The first-order chi connectivity index (χ1) is 15.7. The maximum absolute atomic E-state index is 13.6. The van der Waals surface area contributed by atoms with Crippen LogP contribution in [0.3, 0.4) is 0 Å². The number of esters is 1. The number of para-hydroxylation sites is 1. The Kier molecular flexibility index (Phi) is 6.01. The number of halogens is 1. The van der Waals surface area contributed by atoms with Crippen molar-refractivity contribution in [1.82, 2.24) is 10.2 Å². The second kappa shape index (κ2) is 8.56. The molecular formula is C26H36BrN3O3. The molecule has 0 radical (unpaired) electrons. The lowest BCUT2D eigenvalue weighted by atomic mass is 9.48. The topological polar surface area (TPSA) is 61.9 Å². The van der Waals surface area contributed by atoms with Crippen LogP contribution in [0.4, 0.5) is 5.69 Å². The number of ether oxygens (including phenoxy) is 1. The average molecular weight is 518 g/mol. The average Bonchev–Trinajstić information content (AvgIpc) is 2.80. The molecule has 1 N–H and O–H groups in total. The van der Waals surface area contributed by atoms with Crippen LogP contribution in [0.25, 0.3) is 0 Å². The Hall–Kier alpha value is -1.60. The Balaban J connectivity index is 1.22. The van der Waals surface area contributed by atoms with Gasteiger partial charge in [0.15, 0.2) is 0 Å². The molecule has 4 aliphatic carbocycles. The summed E-state index contributed by atoms with van der Waals surface area (Å²) in [7, 11) is 1.51. The van der Waals surface area contributed by atoms with E-state index in [2.05, 4.69) is 63.1 Å². The van der Waals surface area contributed by atoms with Crippen LogP contribution in [0.2, 0.25) is 0 Å². The van der Waals surface area contributed by atoms with Crippen LogP contribution in [0.15, 0.2) is 28.7 Å². The van der Waals surface area contributed by atoms with Gasteiger partial charge in [0.05, 0.1) is 23.8 Å². The molecule has 6 rings (SSSR count). The fraction of sp³-hybridized carbons (Fsp3) is 0.692. The summed E-state index contributed by atoms with van der Waals surface area (Å²) in [5, 5.41) is 3.47. The first-order valence-corrected chi connectivity index (χ1v) is 13.2. The minimum absolute atomic E-state index is 0.0325. The number of carbonyl (C=O) groups is 2. The first kappa shape index (κ1) is 23.2. The van der Waals surface area contributed by atoms with Crippen molar-refractivity contribution in [3.05, 3.63) is 28.7 Å². The third-order valence-electron chi connectivity index (χ3n) is 9.01. The minimum atomic E-state index is -0.561. The summed E-state index contributed by atoms with van der Waals surface area (Å²) in [5.41, 5.74) is 0.353. The summed E-state index contributed by atoms with van der Waals surface area (Å²) in [6.45, 7) is 7.62. The summed E-state index contributed by atoms with van der Waals surface area (Å²) in [4.78, 5) is 30.9. The molecule has 1 aromatic rings. The maximum atomic E-state index is 13.6. The molecule has 180 valence electrons. The second-order valence-electron chi connectivity index (χ2n) is 11.2. The monoisotopic (exact) mass is 517 g/mol. The van der Waals surface area contributed by atoms with E-state index in [1.165, 1.54) is 12.8 Å². The van der Waals surface area contributed by atoms with Gasteiger partial charge < -0.3 is 15.0 Å². The van der Waals surface area contributed by atoms with Gasteiger partial charge in [-0.15, -0.1) is 0 Å². The van der Waals surface area contributed by atoms with Crippen LogP contribution in [-0.2, 0) is 14.3 Å². The van der Waals surface area contributed by atoms with Gasteiger partial charge in [-0.25, -0.2) is 0 Å². The molecule has 1 saturated heterocycles. The molecule has 5 aliphatic rings. The van der Waals surface area contributed by atoms with Crippen molar-refractivity contribution in [2.24, 2.45) is 23.2 Å². The molecule has 1 aromatic carbocycles. The number of rotatable bonds is 5. The van der Waals surface area contributed by atoms with Gasteiger partial charge in [-0.3, -0.25) is 14.5 Å². The molecule has 0 spiro atoms. The Labute approximate surface area is 205 Å². The fourth-order valence-corrected chi connectivity index (χ4v) is 7.95. The molecular weight excluding hydrogens is 482 g/mol. The molecule has 2 atom stereocenters. The van der Waals surface area contributed by atoms with Crippen molar-refractivity contribution in [1.29, 1.82) is 0 Å². The lowest BCUT2D eigenvalue weighted by molar-refractivity contribution is -0.171. The molecule has 1 amide bonds. The third-order valence-corrected chi connectivity index (χ3v) is 9.68. The number of piperazine rings is 1. The number of benzene rings is 1. The van der Waals surface area contributed by atoms with E-state index >= 15 is 0 Å². The largest absolute Gasteiger partial charge is 0.469 e. The second-order valence-corrected chi connectivity index (χ2v) is 12.1. The summed E-state index contributed by atoms with van der Waals surface area (Å²) >= 11 is 3.66. The quantitative estimate of drug-likeness (QED) is 0.601. The zero-order valence-corrected chi connectivity index (χ0v) is 21.6. The van der Waals surface area contributed by atoms with Gasteiger partial charge in [-0.1, -0.05) is 12.1 Å².